The molecule has 0 heterocycles. The summed E-state index contributed by atoms with van der Waals surface area (Å²) in [5.74, 6) is -3.23. The molecular formula is C22H24F4N2O5S. The number of carbonyl (C=O) groups is 2. The molecule has 7 nitrogen and oxygen atoms in total. The molecule has 186 valence electrons. The second kappa shape index (κ2) is 10.4. The predicted octanol–water partition coefficient (Wildman–Crippen LogP) is 4.21. The van der Waals surface area contributed by atoms with Gasteiger partial charge in [0.2, 0.25) is 5.91 Å². The van der Waals surface area contributed by atoms with Crippen LogP contribution in [-0.2, 0) is 25.0 Å². The number of nitrogens with one attached hydrogen (secondary N) is 2. The fourth-order valence-corrected chi connectivity index (χ4v) is 3.98. The molecule has 1 saturated carbocycles. The zero-order valence-electron chi connectivity index (χ0n) is 18.3. The first kappa shape index (κ1) is 27.1. The zero-order valence-corrected chi connectivity index (χ0v) is 19.1. The van der Waals surface area contributed by atoms with Gasteiger partial charge in [-0.15, -0.1) is 0 Å². The van der Waals surface area contributed by atoms with E-state index in [1.54, 1.807) is 24.3 Å². The van der Waals surface area contributed by atoms with Crippen LogP contribution in [-0.4, -0.2) is 37.6 Å². The van der Waals surface area contributed by atoms with Crippen molar-refractivity contribution >= 4 is 27.6 Å². The lowest BCUT2D eigenvalue weighted by atomic mass is 9.94. The van der Waals surface area contributed by atoms with Crippen LogP contribution in [0.15, 0.2) is 53.4 Å². The minimum absolute atomic E-state index is 0.0143. The van der Waals surface area contributed by atoms with Crippen molar-refractivity contribution in [1.82, 2.24) is 5.32 Å². The summed E-state index contributed by atoms with van der Waals surface area (Å²) in [5, 5.41) is 10.2. The van der Waals surface area contributed by atoms with E-state index in [0.29, 0.717) is 5.69 Å². The van der Waals surface area contributed by atoms with Crippen LogP contribution < -0.4 is 10.0 Å². The first-order valence-electron chi connectivity index (χ1n) is 10.2. The summed E-state index contributed by atoms with van der Waals surface area (Å²) >= 11 is 0. The van der Waals surface area contributed by atoms with Crippen molar-refractivity contribution < 1.29 is 40.7 Å². The highest BCUT2D eigenvalue weighted by atomic mass is 32.2. The van der Waals surface area contributed by atoms with E-state index in [1.807, 2.05) is 13.8 Å². The van der Waals surface area contributed by atoms with Crippen molar-refractivity contribution in [3.8, 4) is 0 Å². The van der Waals surface area contributed by atoms with Crippen molar-refractivity contribution in [2.24, 2.45) is 0 Å². The first-order valence-corrected chi connectivity index (χ1v) is 11.7. The van der Waals surface area contributed by atoms with Crippen molar-refractivity contribution in [3.63, 3.8) is 0 Å². The van der Waals surface area contributed by atoms with Crippen LogP contribution in [0.5, 0.6) is 0 Å². The lowest BCUT2D eigenvalue weighted by Crippen LogP contribution is -2.39. The van der Waals surface area contributed by atoms with Gasteiger partial charge < -0.3 is 10.4 Å². The second-order valence-electron chi connectivity index (χ2n) is 7.80. The van der Waals surface area contributed by atoms with Gasteiger partial charge in [0.25, 0.3) is 10.0 Å². The number of amides is 1. The topological polar surface area (TPSA) is 113 Å². The fraction of sp³-hybridized carbons (Fsp3) is 0.364. The third kappa shape index (κ3) is 6.92. The van der Waals surface area contributed by atoms with Crippen molar-refractivity contribution in [3.05, 3.63) is 59.9 Å². The number of aliphatic carboxylic acids is 1. The van der Waals surface area contributed by atoms with Crippen molar-refractivity contribution in [2.45, 2.75) is 55.6 Å². The first-order chi connectivity index (χ1) is 15.7. The molecule has 0 aromatic heterocycles. The normalized spacial score (nSPS) is 15.4. The van der Waals surface area contributed by atoms with Gasteiger partial charge in [-0.1, -0.05) is 19.1 Å². The number of carbonyl (C=O) groups excluding carboxylic acids is 1. The van der Waals surface area contributed by atoms with Gasteiger partial charge in [0.05, 0.1) is 10.3 Å². The standard InChI is InChI=1S/C20H23FN2O3S.C2HF3O2/c1-3-14(2)22-19(24)20(12-13-20)15-4-8-17(9-5-15)23-27(25,26)18-10-6-16(21)7-11-18;3-2(4,5)1(6)7/h4-11,14,23H,3,12-13H2,1-2H3,(H,22,24);(H,6,7). The van der Waals surface area contributed by atoms with E-state index in [-0.39, 0.29) is 16.8 Å². The molecule has 1 aliphatic rings. The number of sulfonamides is 1. The predicted molar refractivity (Wildman–Crippen MR) is 116 cm³/mol. The largest absolute Gasteiger partial charge is 0.490 e. The monoisotopic (exact) mass is 504 g/mol. The highest BCUT2D eigenvalue weighted by Gasteiger charge is 2.51. The average Bonchev–Trinajstić information content (AvgIpc) is 3.56. The minimum atomic E-state index is -5.08. The maximum absolute atomic E-state index is 13.0. The Bertz CT molecular complexity index is 1110. The van der Waals surface area contributed by atoms with E-state index in [0.717, 1.165) is 37.0 Å². The van der Waals surface area contributed by atoms with Gasteiger partial charge in [-0.05, 0) is 68.1 Å². The van der Waals surface area contributed by atoms with Crippen LogP contribution in [0.4, 0.5) is 23.2 Å². The summed E-state index contributed by atoms with van der Waals surface area (Å²) in [7, 11) is -3.79. The number of halogens is 4. The number of carboxylic acid groups (broad SMARTS) is 1. The summed E-state index contributed by atoms with van der Waals surface area (Å²) in [4.78, 5) is 21.5. The molecule has 0 saturated heterocycles. The quantitative estimate of drug-likeness (QED) is 0.489. The van der Waals surface area contributed by atoms with Gasteiger partial charge in [-0.2, -0.15) is 13.2 Å². The van der Waals surface area contributed by atoms with Gasteiger partial charge in [-0.25, -0.2) is 17.6 Å². The molecule has 2 aromatic rings. The second-order valence-corrected chi connectivity index (χ2v) is 9.49. The molecular weight excluding hydrogens is 480 g/mol. The number of rotatable bonds is 7. The molecule has 1 atom stereocenters. The van der Waals surface area contributed by atoms with Crippen LogP contribution in [0.25, 0.3) is 0 Å². The SMILES string of the molecule is CCC(C)NC(=O)C1(c2ccc(NS(=O)(=O)c3ccc(F)cc3)cc2)CC1.O=C(O)C(F)(F)F. The Labute approximate surface area is 194 Å². The molecule has 0 aliphatic heterocycles. The Morgan fingerprint density at radius 1 is 1.06 bits per heavy atom. The zero-order chi connectivity index (χ0) is 25.7. The van der Waals surface area contributed by atoms with Crippen LogP contribution in [0.2, 0.25) is 0 Å². The number of benzene rings is 2. The Balaban J connectivity index is 0.000000509. The Hall–Kier alpha value is -3.15. The maximum Gasteiger partial charge on any atom is 0.490 e. The van der Waals surface area contributed by atoms with Crippen LogP contribution >= 0.6 is 0 Å². The Morgan fingerprint density at radius 2 is 1.56 bits per heavy atom. The van der Waals surface area contributed by atoms with Gasteiger partial charge >= 0.3 is 12.1 Å². The number of carboxylic acids is 1. The average molecular weight is 505 g/mol. The van der Waals surface area contributed by atoms with Crippen LogP contribution in [0.1, 0.15) is 38.7 Å². The molecule has 0 bridgehead atoms. The summed E-state index contributed by atoms with van der Waals surface area (Å²) in [6, 6.07) is 11.6. The van der Waals surface area contributed by atoms with Gasteiger partial charge in [0.15, 0.2) is 0 Å². The molecule has 1 unspecified atom stereocenters. The lowest BCUT2D eigenvalue weighted by Gasteiger charge is -2.19. The van der Waals surface area contributed by atoms with E-state index in [2.05, 4.69) is 10.0 Å². The van der Waals surface area contributed by atoms with Gasteiger partial charge in [-0.3, -0.25) is 9.52 Å². The Morgan fingerprint density at radius 3 is 1.97 bits per heavy atom. The summed E-state index contributed by atoms with van der Waals surface area (Å²) in [5.41, 5.74) is 0.770. The summed E-state index contributed by atoms with van der Waals surface area (Å²) < 4.78 is 71.9. The summed E-state index contributed by atoms with van der Waals surface area (Å²) in [6.45, 7) is 3.99. The molecule has 3 rings (SSSR count). The van der Waals surface area contributed by atoms with E-state index < -0.39 is 33.4 Å². The van der Waals surface area contributed by atoms with Crippen LogP contribution in [0, 0.1) is 5.82 Å². The van der Waals surface area contributed by atoms with E-state index >= 15 is 0 Å². The van der Waals surface area contributed by atoms with E-state index in [9.17, 15) is 30.8 Å². The van der Waals surface area contributed by atoms with Crippen LogP contribution in [0.3, 0.4) is 0 Å². The van der Waals surface area contributed by atoms with Crippen molar-refractivity contribution in [2.75, 3.05) is 4.72 Å². The summed E-state index contributed by atoms with van der Waals surface area (Å²) in [6.07, 6.45) is -2.64. The van der Waals surface area contributed by atoms with Gasteiger partial charge in [0, 0.05) is 11.7 Å². The minimum Gasteiger partial charge on any atom is -0.475 e. The third-order valence-corrected chi connectivity index (χ3v) is 6.63. The molecule has 0 spiro atoms. The van der Waals surface area contributed by atoms with E-state index in [1.165, 1.54) is 12.1 Å². The number of hydrogen-bond donors (Lipinski definition) is 3. The third-order valence-electron chi connectivity index (χ3n) is 5.23. The molecule has 1 aliphatic carbocycles. The number of hydrogen-bond acceptors (Lipinski definition) is 4. The molecule has 1 fully saturated rings. The fourth-order valence-electron chi connectivity index (χ4n) is 2.92. The smallest absolute Gasteiger partial charge is 0.475 e. The number of alkyl halides is 3. The molecule has 34 heavy (non-hydrogen) atoms. The molecule has 2 aromatic carbocycles. The number of anilines is 1. The van der Waals surface area contributed by atoms with E-state index in [4.69, 9.17) is 9.90 Å². The Kier molecular flexibility index (Phi) is 8.30. The maximum atomic E-state index is 13.0. The highest BCUT2D eigenvalue weighted by molar-refractivity contribution is 7.92. The molecule has 12 heteroatoms. The molecule has 3 N–H and O–H groups in total. The lowest BCUT2D eigenvalue weighted by molar-refractivity contribution is -0.192. The highest BCUT2D eigenvalue weighted by Crippen LogP contribution is 2.48. The molecule has 1 amide bonds. The van der Waals surface area contributed by atoms with Gasteiger partial charge in [0.1, 0.15) is 5.82 Å². The molecule has 0 radical (unpaired) electrons. The van der Waals surface area contributed by atoms with Crippen molar-refractivity contribution in [1.29, 1.82) is 0 Å².